The van der Waals surface area contributed by atoms with E-state index in [1.54, 1.807) is 0 Å². The first-order valence-electron chi connectivity index (χ1n) is 16.8. The summed E-state index contributed by atoms with van der Waals surface area (Å²) < 4.78 is 2.69. The number of carboxylic acid groups (broad SMARTS) is 1. The molecule has 7 atom stereocenters. The second kappa shape index (κ2) is 11.8. The number of rotatable bonds is 7. The fourth-order valence-electron chi connectivity index (χ4n) is 9.99. The molecule has 6 nitrogen and oxygen atoms in total. The predicted octanol–water partition coefficient (Wildman–Crippen LogP) is 6.68. The number of piperidine rings is 3. The van der Waals surface area contributed by atoms with Gasteiger partial charge < -0.3 is 14.6 Å². The van der Waals surface area contributed by atoms with Crippen molar-refractivity contribution in [1.82, 2.24) is 19.4 Å². The van der Waals surface area contributed by atoms with Crippen molar-refractivity contribution in [3.63, 3.8) is 0 Å². The number of imidazole rings is 1. The van der Waals surface area contributed by atoms with E-state index in [1.807, 2.05) is 0 Å². The molecule has 40 heavy (non-hydrogen) atoms. The summed E-state index contributed by atoms with van der Waals surface area (Å²) in [6.45, 7) is 2.71. The Balaban J connectivity index is 1.11. The Hall–Kier alpha value is -1.92. The number of aliphatic carboxylic acids is 1. The van der Waals surface area contributed by atoms with E-state index in [-0.39, 0.29) is 6.42 Å². The van der Waals surface area contributed by atoms with Gasteiger partial charge in [0.05, 0.1) is 17.5 Å². The Bertz CT molecular complexity index is 1150. The summed E-state index contributed by atoms with van der Waals surface area (Å²) in [5.74, 6) is 3.13. The van der Waals surface area contributed by atoms with E-state index in [0.29, 0.717) is 18.5 Å². The molecule has 5 aliphatic rings. The van der Waals surface area contributed by atoms with E-state index in [9.17, 15) is 9.90 Å². The maximum atomic E-state index is 11.2. The Morgan fingerprint density at radius 2 is 1.57 bits per heavy atom. The lowest BCUT2D eigenvalue weighted by molar-refractivity contribution is -0.137. The molecule has 0 amide bonds. The van der Waals surface area contributed by atoms with Crippen molar-refractivity contribution in [3.8, 4) is 0 Å². The molecule has 3 saturated heterocycles. The van der Waals surface area contributed by atoms with Gasteiger partial charge >= 0.3 is 5.97 Å². The number of fused-ring (bicyclic) bond motifs is 5. The standard InChI is InChI=1S/C34H50N4O2/c39-34(40)14-16-36-15-6-9-26(23-36)20-33-35-31-12-3-4-13-32(31)38(33)30-21-27-10-5-11-28(22-30)37(27)29-18-24-7-1-2-8-25(17-24)19-29/h3-4,12-13,24-30H,1-2,5-11,14-23H2,(H,39,40)/t24-,25+,26?,27-,28+,29?,30?. The van der Waals surface area contributed by atoms with E-state index >= 15 is 0 Å². The van der Waals surface area contributed by atoms with Crippen LogP contribution in [0.15, 0.2) is 24.3 Å². The van der Waals surface area contributed by atoms with Crippen molar-refractivity contribution in [2.75, 3.05) is 19.6 Å². The molecule has 7 rings (SSSR count). The Morgan fingerprint density at radius 3 is 2.33 bits per heavy atom. The molecular weight excluding hydrogens is 496 g/mol. The first kappa shape index (κ1) is 26.9. The van der Waals surface area contributed by atoms with Crippen LogP contribution in [0, 0.1) is 17.8 Å². The van der Waals surface area contributed by atoms with Crippen molar-refractivity contribution >= 4 is 17.0 Å². The molecule has 0 radical (unpaired) electrons. The van der Waals surface area contributed by atoms with Crippen molar-refractivity contribution in [3.05, 3.63) is 30.1 Å². The molecule has 218 valence electrons. The highest BCUT2D eigenvalue weighted by Gasteiger charge is 2.45. The summed E-state index contributed by atoms with van der Waals surface area (Å²) in [6, 6.07) is 11.7. The Morgan fingerprint density at radius 1 is 0.825 bits per heavy atom. The molecule has 5 fully saturated rings. The van der Waals surface area contributed by atoms with Gasteiger partial charge in [-0.1, -0.05) is 44.2 Å². The lowest BCUT2D eigenvalue weighted by atomic mass is 9.73. The monoisotopic (exact) mass is 546 g/mol. The fraction of sp³-hybridized carbons (Fsp3) is 0.765. The molecule has 0 spiro atoms. The molecule has 1 aromatic heterocycles. The third-order valence-electron chi connectivity index (χ3n) is 11.5. The molecule has 6 heteroatoms. The third kappa shape index (κ3) is 5.60. The number of likely N-dealkylation sites (tertiary alicyclic amines) is 1. The number of nitrogens with zero attached hydrogens (tertiary/aromatic N) is 4. The second-order valence-electron chi connectivity index (χ2n) is 14.2. The molecule has 4 heterocycles. The normalized spacial score (nSPS) is 35.5. The summed E-state index contributed by atoms with van der Waals surface area (Å²) in [5, 5.41) is 9.19. The zero-order chi connectivity index (χ0) is 27.1. The molecule has 1 N–H and O–H groups in total. The summed E-state index contributed by atoms with van der Waals surface area (Å²) in [6.07, 6.45) is 20.7. The van der Waals surface area contributed by atoms with Crippen LogP contribution in [0.3, 0.4) is 0 Å². The van der Waals surface area contributed by atoms with Crippen LogP contribution < -0.4 is 0 Å². The molecule has 3 unspecified atom stereocenters. The maximum Gasteiger partial charge on any atom is 0.304 e. The minimum atomic E-state index is -0.687. The Labute approximate surface area is 240 Å². The maximum absolute atomic E-state index is 11.2. The zero-order valence-electron chi connectivity index (χ0n) is 24.4. The number of carboxylic acids is 1. The smallest absolute Gasteiger partial charge is 0.304 e. The van der Waals surface area contributed by atoms with Crippen LogP contribution in [-0.2, 0) is 11.2 Å². The minimum Gasteiger partial charge on any atom is -0.481 e. The molecule has 3 aliphatic heterocycles. The van der Waals surface area contributed by atoms with Crippen LogP contribution in [-0.4, -0.2) is 68.2 Å². The molecule has 1 aromatic carbocycles. The van der Waals surface area contributed by atoms with Crippen LogP contribution in [0.25, 0.3) is 11.0 Å². The van der Waals surface area contributed by atoms with Gasteiger partial charge in [-0.05, 0) is 94.2 Å². The fourth-order valence-corrected chi connectivity index (χ4v) is 9.99. The number of carbonyl (C=O) groups is 1. The highest BCUT2D eigenvalue weighted by atomic mass is 16.4. The van der Waals surface area contributed by atoms with Crippen molar-refractivity contribution in [1.29, 1.82) is 0 Å². The van der Waals surface area contributed by atoms with E-state index < -0.39 is 5.97 Å². The quantitative estimate of drug-likeness (QED) is 0.420. The Kier molecular flexibility index (Phi) is 7.92. The molecule has 2 saturated carbocycles. The molecular formula is C34H50N4O2. The summed E-state index contributed by atoms with van der Waals surface area (Å²) in [5.41, 5.74) is 2.48. The zero-order valence-corrected chi connectivity index (χ0v) is 24.4. The molecule has 4 bridgehead atoms. The van der Waals surface area contributed by atoms with Crippen LogP contribution >= 0.6 is 0 Å². The predicted molar refractivity (Wildman–Crippen MR) is 159 cm³/mol. The van der Waals surface area contributed by atoms with Crippen LogP contribution in [0.5, 0.6) is 0 Å². The topological polar surface area (TPSA) is 61.6 Å². The average molecular weight is 547 g/mol. The number of hydrogen-bond acceptors (Lipinski definition) is 4. The number of para-hydroxylation sites is 2. The SMILES string of the molecule is O=C(O)CCN1CCCC(Cc2nc3ccccc3n2C2C[C@H]3CCC[C@@H](C2)N3C2C[C@H]3CCCC[C@@H](C2)C3)C1. The van der Waals surface area contributed by atoms with E-state index in [2.05, 4.69) is 38.6 Å². The van der Waals surface area contributed by atoms with Gasteiger partial charge in [-0.2, -0.15) is 0 Å². The van der Waals surface area contributed by atoms with Crippen LogP contribution in [0.4, 0.5) is 0 Å². The average Bonchev–Trinajstić information content (AvgIpc) is 3.22. The van der Waals surface area contributed by atoms with Crippen LogP contribution in [0.1, 0.15) is 108 Å². The van der Waals surface area contributed by atoms with Gasteiger partial charge in [-0.25, -0.2) is 4.98 Å². The van der Waals surface area contributed by atoms with Gasteiger partial charge in [0, 0.05) is 43.7 Å². The number of aromatic nitrogens is 2. The first-order chi connectivity index (χ1) is 19.6. The molecule has 2 aliphatic carbocycles. The van der Waals surface area contributed by atoms with E-state index in [1.165, 1.54) is 94.8 Å². The lowest BCUT2D eigenvalue weighted by Crippen LogP contribution is -2.58. The summed E-state index contributed by atoms with van der Waals surface area (Å²) in [7, 11) is 0. The van der Waals surface area contributed by atoms with Gasteiger partial charge in [-0.3, -0.25) is 9.69 Å². The van der Waals surface area contributed by atoms with Gasteiger partial charge in [0.25, 0.3) is 0 Å². The van der Waals surface area contributed by atoms with Gasteiger partial charge in [-0.15, -0.1) is 0 Å². The van der Waals surface area contributed by atoms with Gasteiger partial charge in [0.1, 0.15) is 5.82 Å². The van der Waals surface area contributed by atoms with Crippen molar-refractivity contribution in [2.45, 2.75) is 127 Å². The van der Waals surface area contributed by atoms with Crippen molar-refractivity contribution < 1.29 is 9.90 Å². The highest BCUT2D eigenvalue weighted by molar-refractivity contribution is 5.76. The van der Waals surface area contributed by atoms with Crippen LogP contribution in [0.2, 0.25) is 0 Å². The van der Waals surface area contributed by atoms with Gasteiger partial charge in [0.2, 0.25) is 0 Å². The summed E-state index contributed by atoms with van der Waals surface area (Å²) >= 11 is 0. The minimum absolute atomic E-state index is 0.245. The largest absolute Gasteiger partial charge is 0.481 e. The molecule has 2 aromatic rings. The first-order valence-corrected chi connectivity index (χ1v) is 16.8. The van der Waals surface area contributed by atoms with Gasteiger partial charge in [0.15, 0.2) is 0 Å². The summed E-state index contributed by atoms with van der Waals surface area (Å²) in [4.78, 5) is 21.9. The number of hydrogen-bond donors (Lipinski definition) is 1. The number of benzene rings is 1. The third-order valence-corrected chi connectivity index (χ3v) is 11.5. The van der Waals surface area contributed by atoms with E-state index in [4.69, 9.17) is 4.98 Å². The van der Waals surface area contributed by atoms with Crippen molar-refractivity contribution in [2.24, 2.45) is 17.8 Å². The highest BCUT2D eigenvalue weighted by Crippen LogP contribution is 2.47. The second-order valence-corrected chi connectivity index (χ2v) is 14.2. The van der Waals surface area contributed by atoms with E-state index in [0.717, 1.165) is 61.4 Å². The lowest BCUT2D eigenvalue weighted by Gasteiger charge is -2.54.